The molecule has 8 heavy (non-hydrogen) atoms. The van der Waals surface area contributed by atoms with Gasteiger partial charge in [-0.05, 0) is 26.2 Å². The normalized spacial score (nSPS) is 12.1. The number of hydrogen-bond donors (Lipinski definition) is 0. The van der Waals surface area contributed by atoms with Crippen molar-refractivity contribution in [1.82, 2.24) is 0 Å². The molecular formula is C8H15. The van der Waals surface area contributed by atoms with Crippen LogP contribution in [0.15, 0.2) is 11.6 Å². The van der Waals surface area contributed by atoms with E-state index < -0.39 is 0 Å². The summed E-state index contributed by atoms with van der Waals surface area (Å²) in [5, 5.41) is 0. The van der Waals surface area contributed by atoms with Crippen LogP contribution in [0.2, 0.25) is 0 Å². The maximum absolute atomic E-state index is 3.77. The summed E-state index contributed by atoms with van der Waals surface area (Å²) < 4.78 is 0. The highest BCUT2D eigenvalue weighted by molar-refractivity contribution is 4.96. The quantitative estimate of drug-likeness (QED) is 0.491. The minimum Gasteiger partial charge on any atom is -0.0859 e. The van der Waals surface area contributed by atoms with E-state index in [2.05, 4.69) is 26.8 Å². The van der Waals surface area contributed by atoms with Crippen molar-refractivity contribution in [2.24, 2.45) is 0 Å². The lowest BCUT2D eigenvalue weighted by Gasteiger charge is -1.93. The number of rotatable bonds is 3. The molecular weight excluding hydrogens is 96.1 g/mol. The van der Waals surface area contributed by atoms with Gasteiger partial charge in [0.25, 0.3) is 0 Å². The Morgan fingerprint density at radius 2 is 2.25 bits per heavy atom. The lowest BCUT2D eigenvalue weighted by molar-refractivity contribution is 0.959. The van der Waals surface area contributed by atoms with Crippen LogP contribution < -0.4 is 0 Å². The molecule has 0 aromatic carbocycles. The van der Waals surface area contributed by atoms with Crippen LogP contribution in [0, 0.1) is 6.92 Å². The highest BCUT2D eigenvalue weighted by atomic mass is 13.9. The second kappa shape index (κ2) is 4.89. The predicted octanol–water partition coefficient (Wildman–Crippen LogP) is 2.96. The summed E-state index contributed by atoms with van der Waals surface area (Å²) in [4.78, 5) is 0. The molecule has 0 saturated carbocycles. The smallest absolute Gasteiger partial charge is 0.0323 e. The van der Waals surface area contributed by atoms with Crippen LogP contribution in [0.5, 0.6) is 0 Å². The summed E-state index contributed by atoms with van der Waals surface area (Å²) in [6, 6.07) is 0. The zero-order chi connectivity index (χ0) is 6.41. The molecule has 0 fully saturated rings. The zero-order valence-electron chi connectivity index (χ0n) is 5.91. The van der Waals surface area contributed by atoms with E-state index in [0.29, 0.717) is 0 Å². The van der Waals surface area contributed by atoms with Crippen molar-refractivity contribution in [2.75, 3.05) is 0 Å². The average Bonchev–Trinajstić information content (AvgIpc) is 1.68. The average molecular weight is 111 g/mol. The number of allylic oxidation sites excluding steroid dienone is 2. The van der Waals surface area contributed by atoms with E-state index in [9.17, 15) is 0 Å². The van der Waals surface area contributed by atoms with E-state index in [-0.39, 0.29) is 0 Å². The topological polar surface area (TPSA) is 0 Å². The molecule has 47 valence electrons. The maximum atomic E-state index is 3.77. The maximum Gasteiger partial charge on any atom is -0.0323 e. The van der Waals surface area contributed by atoms with E-state index in [1.165, 1.54) is 5.57 Å². The van der Waals surface area contributed by atoms with Gasteiger partial charge in [-0.1, -0.05) is 25.5 Å². The van der Waals surface area contributed by atoms with Gasteiger partial charge in [0.05, 0.1) is 0 Å². The van der Waals surface area contributed by atoms with Crippen LogP contribution in [-0.4, -0.2) is 0 Å². The highest BCUT2D eigenvalue weighted by Crippen LogP contribution is 2.02. The highest BCUT2D eigenvalue weighted by Gasteiger charge is 1.82. The molecule has 0 saturated heterocycles. The Morgan fingerprint density at radius 1 is 1.62 bits per heavy atom. The Morgan fingerprint density at radius 3 is 2.62 bits per heavy atom. The second-order valence-corrected chi connectivity index (χ2v) is 2.06. The molecule has 0 aliphatic carbocycles. The van der Waals surface area contributed by atoms with Crippen LogP contribution >= 0.6 is 0 Å². The fraction of sp³-hybridized carbons (Fsp3) is 0.625. The zero-order valence-corrected chi connectivity index (χ0v) is 5.91. The monoisotopic (exact) mass is 111 g/mol. The fourth-order valence-corrected chi connectivity index (χ4v) is 0.729. The van der Waals surface area contributed by atoms with E-state index in [4.69, 9.17) is 0 Å². The minimum absolute atomic E-state index is 1.03. The van der Waals surface area contributed by atoms with Gasteiger partial charge < -0.3 is 0 Å². The van der Waals surface area contributed by atoms with Gasteiger partial charge in [0.15, 0.2) is 0 Å². The molecule has 1 radical (unpaired) electrons. The molecule has 0 rings (SSSR count). The lowest BCUT2D eigenvalue weighted by atomic mass is 10.1. The standard InChI is InChI=1S/C8H15/c1-4-6-8(3)7-5-2/h7H,1,4-6H2,2-3H3/b8-7+. The molecule has 0 heterocycles. The van der Waals surface area contributed by atoms with Crippen LogP contribution in [0.4, 0.5) is 0 Å². The molecule has 0 heteroatoms. The third-order valence-corrected chi connectivity index (χ3v) is 1.12. The van der Waals surface area contributed by atoms with E-state index in [1.807, 2.05) is 0 Å². The summed E-state index contributed by atoms with van der Waals surface area (Å²) in [5.74, 6) is 0. The first-order chi connectivity index (χ1) is 3.81. The van der Waals surface area contributed by atoms with Gasteiger partial charge in [0, 0.05) is 0 Å². The lowest BCUT2D eigenvalue weighted by Crippen LogP contribution is -1.72. The Labute approximate surface area is 52.6 Å². The Balaban J connectivity index is 3.29. The Bertz CT molecular complexity index is 70.1. The van der Waals surface area contributed by atoms with Crippen LogP contribution in [0.3, 0.4) is 0 Å². The van der Waals surface area contributed by atoms with Gasteiger partial charge >= 0.3 is 0 Å². The molecule has 0 aromatic heterocycles. The largest absolute Gasteiger partial charge is 0.0859 e. The molecule has 0 spiro atoms. The minimum atomic E-state index is 1.03. The molecule has 0 N–H and O–H groups in total. The van der Waals surface area contributed by atoms with E-state index >= 15 is 0 Å². The van der Waals surface area contributed by atoms with Gasteiger partial charge in [0.2, 0.25) is 0 Å². The molecule has 0 bridgehead atoms. The van der Waals surface area contributed by atoms with Crippen molar-refractivity contribution in [2.45, 2.75) is 33.1 Å². The predicted molar refractivity (Wildman–Crippen MR) is 38.6 cm³/mol. The summed E-state index contributed by atoms with van der Waals surface area (Å²) in [7, 11) is 0. The van der Waals surface area contributed by atoms with Gasteiger partial charge in [0.1, 0.15) is 0 Å². The third-order valence-electron chi connectivity index (χ3n) is 1.12. The molecule has 0 amide bonds. The molecule has 0 nitrogen and oxygen atoms in total. The molecule has 0 aliphatic rings. The van der Waals surface area contributed by atoms with Crippen molar-refractivity contribution in [3.05, 3.63) is 18.6 Å². The van der Waals surface area contributed by atoms with Crippen LogP contribution in [0.1, 0.15) is 33.1 Å². The van der Waals surface area contributed by atoms with Crippen LogP contribution in [-0.2, 0) is 0 Å². The van der Waals surface area contributed by atoms with Crippen molar-refractivity contribution >= 4 is 0 Å². The molecule has 0 unspecified atom stereocenters. The van der Waals surface area contributed by atoms with Crippen molar-refractivity contribution in [1.29, 1.82) is 0 Å². The van der Waals surface area contributed by atoms with Gasteiger partial charge in [-0.25, -0.2) is 0 Å². The number of hydrogen-bond acceptors (Lipinski definition) is 0. The van der Waals surface area contributed by atoms with Gasteiger partial charge in [-0.2, -0.15) is 0 Å². The first kappa shape index (κ1) is 7.74. The second-order valence-electron chi connectivity index (χ2n) is 2.06. The first-order valence-corrected chi connectivity index (χ1v) is 3.26. The van der Waals surface area contributed by atoms with Crippen molar-refractivity contribution in [3.8, 4) is 0 Å². The van der Waals surface area contributed by atoms with Gasteiger partial charge in [-0.15, -0.1) is 0 Å². The van der Waals surface area contributed by atoms with Crippen molar-refractivity contribution in [3.63, 3.8) is 0 Å². The van der Waals surface area contributed by atoms with Crippen molar-refractivity contribution < 1.29 is 0 Å². The summed E-state index contributed by atoms with van der Waals surface area (Å²) >= 11 is 0. The SMILES string of the molecule is [CH2]CC/C(C)=C/CC. The molecule has 0 atom stereocenters. The van der Waals surface area contributed by atoms with E-state index in [1.54, 1.807) is 0 Å². The molecule has 0 aliphatic heterocycles. The Hall–Kier alpha value is -0.260. The third kappa shape index (κ3) is 3.91. The fourth-order valence-electron chi connectivity index (χ4n) is 0.729. The summed E-state index contributed by atoms with van der Waals surface area (Å²) in [6.07, 6.45) is 5.60. The summed E-state index contributed by atoms with van der Waals surface area (Å²) in [5.41, 5.74) is 1.47. The van der Waals surface area contributed by atoms with E-state index in [0.717, 1.165) is 19.3 Å². The Kier molecular flexibility index (Phi) is 4.73. The summed E-state index contributed by atoms with van der Waals surface area (Å²) in [6.45, 7) is 8.09. The van der Waals surface area contributed by atoms with Gasteiger partial charge in [-0.3, -0.25) is 0 Å². The first-order valence-electron chi connectivity index (χ1n) is 3.26. The molecule has 0 aromatic rings. The van der Waals surface area contributed by atoms with Crippen LogP contribution in [0.25, 0.3) is 0 Å².